The van der Waals surface area contributed by atoms with Gasteiger partial charge in [-0.05, 0) is 87.8 Å². The van der Waals surface area contributed by atoms with E-state index in [4.69, 9.17) is 0 Å². The maximum absolute atomic E-state index is 14.5. The van der Waals surface area contributed by atoms with E-state index in [1.807, 2.05) is 23.0 Å². The molecule has 1 aliphatic carbocycles. The Hall–Kier alpha value is -5.31. The molecule has 3 amide bonds. The van der Waals surface area contributed by atoms with E-state index in [0.29, 0.717) is 28.8 Å². The normalized spacial score (nSPS) is 21.3. The molecule has 8 rings (SSSR count). The Labute approximate surface area is 314 Å². The second-order valence-corrected chi connectivity index (χ2v) is 15.7. The summed E-state index contributed by atoms with van der Waals surface area (Å²) in [6.45, 7) is 5.34. The van der Waals surface area contributed by atoms with Crippen LogP contribution in [0.25, 0.3) is 21.9 Å². The number of imide groups is 1. The van der Waals surface area contributed by atoms with Crippen LogP contribution in [0.2, 0.25) is 0 Å². The fraction of sp³-hybridized carbons (Fsp3) is 0.450. The number of benzene rings is 2. The van der Waals surface area contributed by atoms with Crippen molar-refractivity contribution in [2.45, 2.75) is 82.5 Å². The minimum atomic E-state index is -2.86. The number of rotatable bonds is 9. The van der Waals surface area contributed by atoms with Crippen molar-refractivity contribution in [3.63, 3.8) is 0 Å². The van der Waals surface area contributed by atoms with Crippen molar-refractivity contribution in [3.8, 4) is 0 Å². The predicted molar refractivity (Wildman–Crippen MR) is 200 cm³/mol. The molecule has 5 heterocycles. The Balaban J connectivity index is 0.899. The van der Waals surface area contributed by atoms with Gasteiger partial charge in [0.2, 0.25) is 11.8 Å². The highest BCUT2D eigenvalue weighted by Crippen LogP contribution is 2.39. The third-order valence-electron chi connectivity index (χ3n) is 11.5. The number of aryl methyl sites for hydroxylation is 1. The van der Waals surface area contributed by atoms with Crippen molar-refractivity contribution < 1.29 is 27.6 Å². The maximum Gasteiger partial charge on any atom is 0.329 e. The molecule has 3 aliphatic rings. The molecule has 3 fully saturated rings. The molecule has 12 nitrogen and oxygen atoms in total. The van der Waals surface area contributed by atoms with Crippen LogP contribution in [0.3, 0.4) is 0 Å². The fourth-order valence-corrected chi connectivity index (χ4v) is 8.56. The van der Waals surface area contributed by atoms with Gasteiger partial charge in [-0.3, -0.25) is 33.5 Å². The van der Waals surface area contributed by atoms with Crippen LogP contribution in [0.1, 0.15) is 104 Å². The molecular weight excluding hydrogens is 713 g/mol. The van der Waals surface area contributed by atoms with Crippen molar-refractivity contribution in [3.05, 3.63) is 87.7 Å². The van der Waals surface area contributed by atoms with Gasteiger partial charge in [-0.2, -0.15) is 5.10 Å². The molecule has 15 heteroatoms. The molecule has 1 saturated carbocycles. The van der Waals surface area contributed by atoms with Gasteiger partial charge in [0.05, 0.1) is 34.0 Å². The number of pyridine rings is 1. The Morgan fingerprint density at radius 2 is 1.76 bits per heavy atom. The van der Waals surface area contributed by atoms with Crippen LogP contribution in [0, 0.1) is 5.92 Å². The lowest BCUT2D eigenvalue weighted by Crippen LogP contribution is -2.47. The molecule has 2 saturated heterocycles. The van der Waals surface area contributed by atoms with Crippen molar-refractivity contribution in [2.75, 3.05) is 25.0 Å². The van der Waals surface area contributed by atoms with Gasteiger partial charge in [-0.15, -0.1) is 0 Å². The first kappa shape index (κ1) is 36.7. The third kappa shape index (κ3) is 6.94. The van der Waals surface area contributed by atoms with Crippen LogP contribution in [-0.2, 0) is 22.3 Å². The number of imidazole rings is 1. The van der Waals surface area contributed by atoms with Crippen LogP contribution < -0.4 is 16.3 Å². The number of carbonyl (C=O) groups is 3. The van der Waals surface area contributed by atoms with E-state index in [2.05, 4.69) is 31.7 Å². The molecule has 2 N–H and O–H groups in total. The lowest BCUT2D eigenvalue weighted by atomic mass is 9.83. The van der Waals surface area contributed by atoms with Gasteiger partial charge in [0.15, 0.2) is 0 Å². The minimum absolute atomic E-state index is 0.0411. The van der Waals surface area contributed by atoms with Crippen molar-refractivity contribution >= 4 is 45.3 Å². The van der Waals surface area contributed by atoms with Gasteiger partial charge >= 0.3 is 5.69 Å². The number of alkyl halides is 3. The number of hydrogen-bond acceptors (Lipinski definition) is 7. The van der Waals surface area contributed by atoms with Gasteiger partial charge in [0.25, 0.3) is 12.3 Å². The molecular formula is C40H43F3N8O4. The SMILES string of the molecule is Cn1c(=O)n(C2CCC(=O)NC2=O)c2cccc(C3CN(C[C@H]4CC[C@H](n5cc6cc(NC(=O)c7cccc(C(C)(C)F)n7)c(C(F)F)cc6n5)CC4)C3)c21. The number of piperidine rings is 1. The van der Waals surface area contributed by atoms with Gasteiger partial charge in [-0.25, -0.2) is 22.9 Å². The summed E-state index contributed by atoms with van der Waals surface area (Å²) in [7, 11) is 1.73. The highest BCUT2D eigenvalue weighted by atomic mass is 19.3. The number of fused-ring (bicyclic) bond motifs is 2. The number of amides is 3. The zero-order valence-corrected chi connectivity index (χ0v) is 30.9. The first-order valence-corrected chi connectivity index (χ1v) is 18.8. The molecule has 0 radical (unpaired) electrons. The second-order valence-electron chi connectivity index (χ2n) is 15.7. The number of aromatic nitrogens is 5. The highest BCUT2D eigenvalue weighted by Gasteiger charge is 2.36. The standard InChI is InChI=1S/C40H43F3N8O4/c1-40(2,43)33-9-5-7-28(44-33)37(53)45-30-16-23-21-50(47-29(23)17-27(30)36(41)42)25-12-10-22(11-13-25)18-49-19-24(20-49)26-6-4-8-31-35(26)48(3)39(55)51(31)32-14-15-34(52)46-38(32)54/h4-9,16-17,21-22,24-25,32,36H,10-15,18-20H2,1-3H3,(H,45,53)(H,46,52,54)/t22-,25-,32?. The van der Waals surface area contributed by atoms with Gasteiger partial charge < -0.3 is 10.2 Å². The minimum Gasteiger partial charge on any atom is -0.320 e. The average Bonchev–Trinajstić information content (AvgIpc) is 3.66. The monoisotopic (exact) mass is 756 g/mol. The van der Waals surface area contributed by atoms with Crippen LogP contribution in [-0.4, -0.2) is 66.2 Å². The zero-order valence-electron chi connectivity index (χ0n) is 30.9. The molecule has 288 valence electrons. The number of anilines is 1. The molecule has 5 aromatic rings. The molecule has 55 heavy (non-hydrogen) atoms. The van der Waals surface area contributed by atoms with Gasteiger partial charge in [0, 0.05) is 56.2 Å². The number of para-hydroxylation sites is 1. The quantitative estimate of drug-likeness (QED) is 0.169. The fourth-order valence-electron chi connectivity index (χ4n) is 8.56. The van der Waals surface area contributed by atoms with Gasteiger partial charge in [0.1, 0.15) is 17.4 Å². The number of halogens is 3. The van der Waals surface area contributed by atoms with Crippen LogP contribution >= 0.6 is 0 Å². The van der Waals surface area contributed by atoms with Crippen molar-refractivity contribution in [1.82, 2.24) is 34.1 Å². The van der Waals surface area contributed by atoms with E-state index in [9.17, 15) is 32.3 Å². The lowest BCUT2D eigenvalue weighted by molar-refractivity contribution is -0.135. The molecule has 3 aromatic heterocycles. The highest BCUT2D eigenvalue weighted by molar-refractivity contribution is 6.04. The third-order valence-corrected chi connectivity index (χ3v) is 11.5. The molecule has 1 atom stereocenters. The largest absolute Gasteiger partial charge is 0.329 e. The van der Waals surface area contributed by atoms with Crippen LogP contribution in [0.4, 0.5) is 18.9 Å². The summed E-state index contributed by atoms with van der Waals surface area (Å²) in [6, 6.07) is 12.5. The Morgan fingerprint density at radius 1 is 1.02 bits per heavy atom. The second kappa shape index (κ2) is 14.1. The van der Waals surface area contributed by atoms with E-state index >= 15 is 0 Å². The summed E-state index contributed by atoms with van der Waals surface area (Å²) >= 11 is 0. The molecule has 1 unspecified atom stereocenters. The van der Waals surface area contributed by atoms with Crippen molar-refractivity contribution in [2.24, 2.45) is 13.0 Å². The first-order chi connectivity index (χ1) is 26.2. The van der Waals surface area contributed by atoms with E-state index < -0.39 is 30.0 Å². The Kier molecular flexibility index (Phi) is 9.38. The summed E-state index contributed by atoms with van der Waals surface area (Å²) in [5.41, 5.74) is 0.593. The average molecular weight is 757 g/mol. The summed E-state index contributed by atoms with van der Waals surface area (Å²) in [4.78, 5) is 57.3. The predicted octanol–water partition coefficient (Wildman–Crippen LogP) is 6.29. The van der Waals surface area contributed by atoms with Crippen molar-refractivity contribution in [1.29, 1.82) is 0 Å². The maximum atomic E-state index is 14.5. The van der Waals surface area contributed by atoms with Crippen LogP contribution in [0.15, 0.2) is 59.5 Å². The lowest BCUT2D eigenvalue weighted by Gasteiger charge is -2.43. The van der Waals surface area contributed by atoms with E-state index in [1.165, 1.54) is 48.7 Å². The number of nitrogens with one attached hydrogen (secondary N) is 2. The zero-order chi connectivity index (χ0) is 38.8. The van der Waals surface area contributed by atoms with Crippen LogP contribution in [0.5, 0.6) is 0 Å². The summed E-state index contributed by atoms with van der Waals surface area (Å²) in [5.74, 6) is -0.730. The van der Waals surface area contributed by atoms with E-state index in [-0.39, 0.29) is 52.6 Å². The summed E-state index contributed by atoms with van der Waals surface area (Å²) < 4.78 is 47.9. The Morgan fingerprint density at radius 3 is 2.47 bits per heavy atom. The topological polar surface area (TPSA) is 136 Å². The number of nitrogens with zero attached hydrogens (tertiary/aromatic N) is 6. The number of hydrogen-bond donors (Lipinski definition) is 2. The van der Waals surface area contributed by atoms with E-state index in [1.54, 1.807) is 11.6 Å². The summed E-state index contributed by atoms with van der Waals surface area (Å²) in [6.07, 6.45) is 3.24. The molecule has 0 bridgehead atoms. The number of carbonyl (C=O) groups excluding carboxylic acids is 3. The summed E-state index contributed by atoms with van der Waals surface area (Å²) in [5, 5.41) is 10.2. The first-order valence-electron chi connectivity index (χ1n) is 18.8. The molecule has 2 aliphatic heterocycles. The number of likely N-dealkylation sites (tertiary alicyclic amines) is 1. The molecule has 2 aromatic carbocycles. The Bertz CT molecular complexity index is 2380. The van der Waals surface area contributed by atoms with Gasteiger partial charge in [-0.1, -0.05) is 18.2 Å². The van der Waals surface area contributed by atoms with E-state index in [0.717, 1.165) is 56.4 Å². The molecule has 0 spiro atoms. The smallest absolute Gasteiger partial charge is 0.320 e.